The quantitative estimate of drug-likeness (QED) is 0.717. The van der Waals surface area contributed by atoms with Gasteiger partial charge in [-0.1, -0.05) is 24.6 Å². The fourth-order valence-electron chi connectivity index (χ4n) is 2.88. The Kier molecular flexibility index (Phi) is 4.20. The Bertz CT molecular complexity index is 839. The Morgan fingerprint density at radius 2 is 2.17 bits per heavy atom. The maximum atomic E-state index is 12.1. The molecule has 124 valence electrons. The molecule has 1 saturated carbocycles. The lowest BCUT2D eigenvalue weighted by atomic mass is 10.2. The van der Waals surface area contributed by atoms with E-state index in [0.717, 1.165) is 12.8 Å². The topological polar surface area (TPSA) is 85.3 Å². The molecule has 0 unspecified atom stereocenters. The fourth-order valence-corrected chi connectivity index (χ4v) is 3.58. The van der Waals surface area contributed by atoms with Gasteiger partial charge in [-0.25, -0.2) is 0 Å². The molecule has 0 aromatic carbocycles. The molecule has 3 aromatic heterocycles. The number of nitrogens with one attached hydrogen (secondary N) is 1. The van der Waals surface area contributed by atoms with Crippen LogP contribution in [0.3, 0.4) is 0 Å². The molecule has 1 fully saturated rings. The summed E-state index contributed by atoms with van der Waals surface area (Å²) in [4.78, 5) is 12.1. The van der Waals surface area contributed by atoms with Gasteiger partial charge >= 0.3 is 0 Å². The molecule has 3 aromatic rings. The first-order chi connectivity index (χ1) is 11.8. The van der Waals surface area contributed by atoms with Crippen molar-refractivity contribution in [1.82, 2.24) is 25.1 Å². The van der Waals surface area contributed by atoms with Gasteiger partial charge in [0.15, 0.2) is 11.4 Å². The van der Waals surface area contributed by atoms with Crippen LogP contribution >= 0.6 is 11.8 Å². The summed E-state index contributed by atoms with van der Waals surface area (Å²) in [6.45, 7) is 0. The molecule has 0 saturated heterocycles. The number of carbonyl (C=O) groups is 1. The summed E-state index contributed by atoms with van der Waals surface area (Å²) in [7, 11) is 0. The van der Waals surface area contributed by atoms with E-state index in [1.54, 1.807) is 10.8 Å². The predicted octanol–water partition coefficient (Wildman–Crippen LogP) is 2.54. The Morgan fingerprint density at radius 3 is 2.96 bits per heavy atom. The zero-order chi connectivity index (χ0) is 16.4. The Balaban J connectivity index is 1.47. The minimum atomic E-state index is 0.0332. The van der Waals surface area contributed by atoms with Crippen LogP contribution in [0.4, 0.5) is 0 Å². The molecular formula is C16H17N5O2S. The number of furan rings is 1. The number of aromatic nitrogens is 4. The summed E-state index contributed by atoms with van der Waals surface area (Å²) in [5.41, 5.74) is 1.34. The van der Waals surface area contributed by atoms with Gasteiger partial charge in [-0.05, 0) is 37.1 Å². The van der Waals surface area contributed by atoms with Crippen LogP contribution in [0.25, 0.3) is 17.1 Å². The largest absolute Gasteiger partial charge is 0.463 e. The Morgan fingerprint density at radius 1 is 1.29 bits per heavy atom. The van der Waals surface area contributed by atoms with Gasteiger partial charge in [0.2, 0.25) is 11.1 Å². The maximum Gasteiger partial charge on any atom is 0.230 e. The highest BCUT2D eigenvalue weighted by atomic mass is 32.2. The van der Waals surface area contributed by atoms with E-state index in [0.29, 0.717) is 34.1 Å². The molecule has 3 heterocycles. The molecule has 0 bridgehead atoms. The van der Waals surface area contributed by atoms with Crippen LogP contribution in [0.5, 0.6) is 0 Å². The first-order valence-electron chi connectivity index (χ1n) is 7.98. The second-order valence-corrected chi connectivity index (χ2v) is 6.73. The standard InChI is InChI=1S/C16H17N5O2S/c22-15(17-11-4-1-2-5-11)10-24-16-19-18-14-8-7-12(20-21(14)16)13-6-3-9-23-13/h3,6-9,11H,1-2,4-5,10H2,(H,17,22). The average Bonchev–Trinajstić information content (AvgIpc) is 3.34. The lowest BCUT2D eigenvalue weighted by Crippen LogP contribution is -2.33. The van der Waals surface area contributed by atoms with Crippen LogP contribution in [-0.2, 0) is 4.79 Å². The number of fused-ring (bicyclic) bond motifs is 1. The molecule has 1 amide bonds. The molecule has 0 spiro atoms. The van der Waals surface area contributed by atoms with Crippen LogP contribution in [0.1, 0.15) is 25.7 Å². The molecule has 0 radical (unpaired) electrons. The number of hydrogen-bond acceptors (Lipinski definition) is 6. The normalized spacial score (nSPS) is 15.2. The van der Waals surface area contributed by atoms with Crippen LogP contribution in [-0.4, -0.2) is 37.5 Å². The molecule has 24 heavy (non-hydrogen) atoms. The predicted molar refractivity (Wildman–Crippen MR) is 89.6 cm³/mol. The second-order valence-electron chi connectivity index (χ2n) is 5.79. The average molecular weight is 343 g/mol. The maximum absolute atomic E-state index is 12.1. The summed E-state index contributed by atoms with van der Waals surface area (Å²) in [5.74, 6) is 1.02. The van der Waals surface area contributed by atoms with Crippen LogP contribution in [0.2, 0.25) is 0 Å². The van der Waals surface area contributed by atoms with Gasteiger partial charge in [0.25, 0.3) is 0 Å². The van der Waals surface area contributed by atoms with E-state index in [4.69, 9.17) is 4.42 Å². The summed E-state index contributed by atoms with van der Waals surface area (Å²) in [6.07, 6.45) is 6.17. The van der Waals surface area contributed by atoms with Crippen molar-refractivity contribution in [3.8, 4) is 11.5 Å². The Labute approximate surface area is 142 Å². The molecule has 4 rings (SSSR count). The van der Waals surface area contributed by atoms with Crippen LogP contribution < -0.4 is 5.32 Å². The van der Waals surface area contributed by atoms with Crippen molar-refractivity contribution < 1.29 is 9.21 Å². The minimum absolute atomic E-state index is 0.0332. The van der Waals surface area contributed by atoms with E-state index in [2.05, 4.69) is 20.6 Å². The molecular weight excluding hydrogens is 326 g/mol. The second kappa shape index (κ2) is 6.64. The molecule has 0 aliphatic heterocycles. The smallest absolute Gasteiger partial charge is 0.230 e. The van der Waals surface area contributed by atoms with Crippen molar-refractivity contribution in [2.75, 3.05) is 5.75 Å². The molecule has 7 nitrogen and oxygen atoms in total. The zero-order valence-electron chi connectivity index (χ0n) is 13.0. The Hall–Kier alpha value is -2.35. The van der Waals surface area contributed by atoms with Crippen molar-refractivity contribution in [1.29, 1.82) is 0 Å². The number of thioether (sulfide) groups is 1. The molecule has 1 N–H and O–H groups in total. The first kappa shape index (κ1) is 15.2. The van der Waals surface area contributed by atoms with E-state index in [9.17, 15) is 4.79 Å². The fraction of sp³-hybridized carbons (Fsp3) is 0.375. The summed E-state index contributed by atoms with van der Waals surface area (Å²) in [6, 6.07) is 7.67. The third-order valence-corrected chi connectivity index (χ3v) is 4.98. The highest BCUT2D eigenvalue weighted by molar-refractivity contribution is 7.99. The first-order valence-corrected chi connectivity index (χ1v) is 8.97. The lowest BCUT2D eigenvalue weighted by molar-refractivity contribution is -0.119. The molecule has 0 atom stereocenters. The van der Waals surface area contributed by atoms with Gasteiger partial charge in [0.05, 0.1) is 12.0 Å². The third-order valence-electron chi connectivity index (χ3n) is 4.06. The van der Waals surface area contributed by atoms with Gasteiger partial charge in [0.1, 0.15) is 5.69 Å². The summed E-state index contributed by atoms with van der Waals surface area (Å²) < 4.78 is 7.01. The number of rotatable bonds is 5. The lowest BCUT2D eigenvalue weighted by Gasteiger charge is -2.10. The van der Waals surface area contributed by atoms with E-state index in [1.165, 1.54) is 24.6 Å². The van der Waals surface area contributed by atoms with Crippen molar-refractivity contribution in [2.45, 2.75) is 36.9 Å². The van der Waals surface area contributed by atoms with Crippen molar-refractivity contribution in [3.63, 3.8) is 0 Å². The monoisotopic (exact) mass is 343 g/mol. The van der Waals surface area contributed by atoms with Gasteiger partial charge in [-0.15, -0.1) is 10.2 Å². The van der Waals surface area contributed by atoms with E-state index in [-0.39, 0.29) is 5.91 Å². The van der Waals surface area contributed by atoms with E-state index in [1.807, 2.05) is 24.3 Å². The van der Waals surface area contributed by atoms with Crippen LogP contribution in [0.15, 0.2) is 40.1 Å². The SMILES string of the molecule is O=C(CSc1nnc2ccc(-c3ccco3)nn12)NC1CCCC1. The highest BCUT2D eigenvalue weighted by Crippen LogP contribution is 2.21. The zero-order valence-corrected chi connectivity index (χ0v) is 13.8. The van der Waals surface area contributed by atoms with Crippen molar-refractivity contribution >= 4 is 23.3 Å². The van der Waals surface area contributed by atoms with Gasteiger partial charge in [-0.3, -0.25) is 4.79 Å². The number of hydrogen-bond donors (Lipinski definition) is 1. The highest BCUT2D eigenvalue weighted by Gasteiger charge is 2.18. The van der Waals surface area contributed by atoms with Gasteiger partial charge in [-0.2, -0.15) is 9.61 Å². The van der Waals surface area contributed by atoms with Gasteiger partial charge < -0.3 is 9.73 Å². The third kappa shape index (κ3) is 3.14. The van der Waals surface area contributed by atoms with E-state index < -0.39 is 0 Å². The molecule has 1 aliphatic carbocycles. The molecule has 8 heteroatoms. The minimum Gasteiger partial charge on any atom is -0.463 e. The van der Waals surface area contributed by atoms with E-state index >= 15 is 0 Å². The summed E-state index contributed by atoms with van der Waals surface area (Å²) in [5, 5.41) is 16.4. The van der Waals surface area contributed by atoms with Crippen molar-refractivity contribution in [3.05, 3.63) is 30.5 Å². The molecule has 1 aliphatic rings. The number of nitrogens with zero attached hydrogens (tertiary/aromatic N) is 4. The van der Waals surface area contributed by atoms with Gasteiger partial charge in [0, 0.05) is 6.04 Å². The van der Waals surface area contributed by atoms with Crippen LogP contribution in [0, 0.1) is 0 Å². The summed E-state index contributed by atoms with van der Waals surface area (Å²) >= 11 is 1.34. The van der Waals surface area contributed by atoms with Crippen molar-refractivity contribution in [2.24, 2.45) is 0 Å². The number of carbonyl (C=O) groups excluding carboxylic acids is 1. The number of amides is 1.